The molecule has 0 saturated carbocycles. The van der Waals surface area contributed by atoms with E-state index in [1.54, 1.807) is 6.07 Å². The van der Waals surface area contributed by atoms with E-state index in [1.165, 1.54) is 29.5 Å². The number of rotatable bonds is 7. The molecule has 0 radical (unpaired) electrons. The van der Waals surface area contributed by atoms with E-state index < -0.39 is 11.7 Å². The quantitative estimate of drug-likeness (QED) is 0.421. The zero-order chi connectivity index (χ0) is 20.9. The number of nitrogens with one attached hydrogen (secondary N) is 2. The monoisotopic (exact) mass is 443 g/mol. The van der Waals surface area contributed by atoms with Crippen molar-refractivity contribution >= 4 is 50.3 Å². The van der Waals surface area contributed by atoms with E-state index in [0.717, 1.165) is 22.0 Å². The van der Waals surface area contributed by atoms with Gasteiger partial charge in [-0.3, -0.25) is 9.59 Å². The Labute approximate surface area is 177 Å². The van der Waals surface area contributed by atoms with Crippen molar-refractivity contribution in [2.24, 2.45) is 0 Å². The molecule has 0 atom stereocenters. The summed E-state index contributed by atoms with van der Waals surface area (Å²) >= 11 is 2.45. The Hall–Kier alpha value is -3.31. The number of nitrogens with zero attached hydrogens (tertiary/aromatic N) is 3. The van der Waals surface area contributed by atoms with Crippen LogP contribution in [0.2, 0.25) is 0 Å². The van der Waals surface area contributed by atoms with Gasteiger partial charge in [0.15, 0.2) is 5.13 Å². The number of hydrogen-bond donors (Lipinski definition) is 2. The van der Waals surface area contributed by atoms with Gasteiger partial charge in [0, 0.05) is 0 Å². The number of benzene rings is 2. The van der Waals surface area contributed by atoms with E-state index in [9.17, 15) is 14.0 Å². The Bertz CT molecular complexity index is 1180. The first-order valence-corrected chi connectivity index (χ1v) is 10.5. The van der Waals surface area contributed by atoms with Gasteiger partial charge in [0.25, 0.3) is 11.1 Å². The van der Waals surface area contributed by atoms with E-state index >= 15 is 0 Å². The Kier molecular flexibility index (Phi) is 6.00. The predicted octanol–water partition coefficient (Wildman–Crippen LogP) is 3.48. The molecule has 2 aromatic carbocycles. The smallest absolute Gasteiger partial charge is 0.277 e. The van der Waals surface area contributed by atoms with E-state index in [4.69, 9.17) is 4.42 Å². The molecule has 0 spiro atoms. The van der Waals surface area contributed by atoms with E-state index in [2.05, 4.69) is 25.8 Å². The maximum absolute atomic E-state index is 13.6. The minimum Gasteiger partial charge on any atom is -0.414 e. The number of para-hydroxylation sites is 1. The second kappa shape index (κ2) is 9.01. The number of carbonyl (C=O) groups is 2. The number of aromatic nitrogens is 3. The van der Waals surface area contributed by atoms with Crippen LogP contribution in [0, 0.1) is 5.82 Å². The molecule has 2 heterocycles. The van der Waals surface area contributed by atoms with Gasteiger partial charge in [0.1, 0.15) is 5.82 Å². The van der Waals surface area contributed by atoms with Crippen molar-refractivity contribution in [1.82, 2.24) is 20.5 Å². The summed E-state index contributed by atoms with van der Waals surface area (Å²) in [6.45, 7) is -0.0569. The van der Waals surface area contributed by atoms with Crippen LogP contribution in [-0.2, 0) is 11.3 Å². The van der Waals surface area contributed by atoms with Gasteiger partial charge >= 0.3 is 0 Å². The van der Waals surface area contributed by atoms with Gasteiger partial charge in [-0.1, -0.05) is 47.4 Å². The molecule has 11 heteroatoms. The number of fused-ring (bicyclic) bond motifs is 1. The van der Waals surface area contributed by atoms with Crippen LogP contribution in [0.15, 0.2) is 58.2 Å². The highest BCUT2D eigenvalue weighted by Crippen LogP contribution is 2.25. The largest absolute Gasteiger partial charge is 0.414 e. The van der Waals surface area contributed by atoms with Crippen LogP contribution < -0.4 is 10.6 Å². The highest BCUT2D eigenvalue weighted by atomic mass is 32.2. The number of hydrogen-bond acceptors (Lipinski definition) is 8. The highest BCUT2D eigenvalue weighted by Gasteiger charge is 2.14. The van der Waals surface area contributed by atoms with Crippen LogP contribution in [0.25, 0.3) is 10.2 Å². The number of thiazole rings is 1. The number of carbonyl (C=O) groups excluding carboxylic acids is 2. The molecule has 0 fully saturated rings. The van der Waals surface area contributed by atoms with Crippen LogP contribution in [0.1, 0.15) is 16.2 Å². The number of amides is 2. The third-order valence-corrected chi connectivity index (χ3v) is 5.60. The van der Waals surface area contributed by atoms with Gasteiger partial charge in [0.05, 0.1) is 28.1 Å². The fourth-order valence-corrected chi connectivity index (χ4v) is 3.94. The average molecular weight is 443 g/mol. The maximum atomic E-state index is 13.6. The summed E-state index contributed by atoms with van der Waals surface area (Å²) in [6, 6.07) is 13.3. The maximum Gasteiger partial charge on any atom is 0.277 e. The minimum atomic E-state index is -0.615. The minimum absolute atomic E-state index is 0.0547. The van der Waals surface area contributed by atoms with Crippen molar-refractivity contribution < 1.29 is 18.4 Å². The average Bonchev–Trinajstić information content (AvgIpc) is 3.37. The zero-order valence-corrected chi connectivity index (χ0v) is 16.9. The summed E-state index contributed by atoms with van der Waals surface area (Å²) in [4.78, 5) is 28.5. The third kappa shape index (κ3) is 4.81. The molecule has 0 saturated heterocycles. The van der Waals surface area contributed by atoms with Gasteiger partial charge in [-0.25, -0.2) is 9.37 Å². The fourth-order valence-electron chi connectivity index (χ4n) is 2.47. The van der Waals surface area contributed by atoms with Crippen molar-refractivity contribution in [1.29, 1.82) is 0 Å². The summed E-state index contributed by atoms with van der Waals surface area (Å²) < 4.78 is 20.0. The summed E-state index contributed by atoms with van der Waals surface area (Å²) in [6.07, 6.45) is 0. The van der Waals surface area contributed by atoms with Gasteiger partial charge in [-0.05, 0) is 24.3 Å². The van der Waals surface area contributed by atoms with Crippen LogP contribution in [0.5, 0.6) is 0 Å². The summed E-state index contributed by atoms with van der Waals surface area (Å²) in [7, 11) is 0. The molecule has 0 unspecified atom stereocenters. The molecular weight excluding hydrogens is 429 g/mol. The second-order valence-corrected chi connectivity index (χ2v) is 7.91. The van der Waals surface area contributed by atoms with Gasteiger partial charge in [-0.2, -0.15) is 0 Å². The SMILES string of the molecule is O=C(CSc1nnc(CNC(=O)c2ccccc2F)o1)Nc1nc2ccccc2s1. The lowest BCUT2D eigenvalue weighted by atomic mass is 10.2. The van der Waals surface area contributed by atoms with Gasteiger partial charge in [-0.15, -0.1) is 10.2 Å². The first-order valence-electron chi connectivity index (χ1n) is 8.72. The van der Waals surface area contributed by atoms with Crippen molar-refractivity contribution in [2.75, 3.05) is 11.1 Å². The molecular formula is C19H14FN5O3S2. The number of thioether (sulfide) groups is 1. The van der Waals surface area contributed by atoms with Crippen LogP contribution in [0.4, 0.5) is 9.52 Å². The van der Waals surface area contributed by atoms with E-state index in [-0.39, 0.29) is 34.9 Å². The molecule has 2 aromatic heterocycles. The lowest BCUT2D eigenvalue weighted by Gasteiger charge is -2.03. The van der Waals surface area contributed by atoms with Crippen molar-refractivity contribution in [2.45, 2.75) is 11.8 Å². The van der Waals surface area contributed by atoms with E-state index in [0.29, 0.717) is 5.13 Å². The molecule has 152 valence electrons. The topological polar surface area (TPSA) is 110 Å². The lowest BCUT2D eigenvalue weighted by Crippen LogP contribution is -2.23. The first kappa shape index (κ1) is 20.0. The Morgan fingerprint density at radius 3 is 2.73 bits per heavy atom. The van der Waals surface area contributed by atoms with Gasteiger partial charge in [0.2, 0.25) is 11.8 Å². The molecule has 30 heavy (non-hydrogen) atoms. The molecule has 2 N–H and O–H groups in total. The van der Waals surface area contributed by atoms with Gasteiger partial charge < -0.3 is 15.1 Å². The highest BCUT2D eigenvalue weighted by molar-refractivity contribution is 7.99. The van der Waals surface area contributed by atoms with Crippen LogP contribution >= 0.6 is 23.1 Å². The summed E-state index contributed by atoms with van der Waals surface area (Å²) in [5.41, 5.74) is 0.752. The first-order chi connectivity index (χ1) is 14.6. The molecule has 4 rings (SSSR count). The molecule has 0 aliphatic rings. The number of halogens is 1. The number of anilines is 1. The molecule has 0 aliphatic carbocycles. The summed E-state index contributed by atoms with van der Waals surface area (Å²) in [5.74, 6) is -1.26. The fraction of sp³-hybridized carbons (Fsp3) is 0.105. The van der Waals surface area contributed by atoms with Crippen LogP contribution in [0.3, 0.4) is 0 Å². The normalized spacial score (nSPS) is 10.8. The van der Waals surface area contributed by atoms with Crippen molar-refractivity contribution in [3.63, 3.8) is 0 Å². The summed E-state index contributed by atoms with van der Waals surface area (Å²) in [5, 5.41) is 13.6. The predicted molar refractivity (Wildman–Crippen MR) is 111 cm³/mol. The molecule has 2 amide bonds. The standard InChI is InChI=1S/C19H14FN5O3S2/c20-12-6-2-1-5-11(12)17(27)21-9-16-24-25-19(28-16)29-10-15(26)23-18-22-13-7-3-4-8-14(13)30-18/h1-8H,9-10H2,(H,21,27)(H,22,23,26). The second-order valence-electron chi connectivity index (χ2n) is 5.95. The van der Waals surface area contributed by atoms with E-state index in [1.807, 2.05) is 24.3 Å². The molecule has 0 bridgehead atoms. The zero-order valence-electron chi connectivity index (χ0n) is 15.3. The Morgan fingerprint density at radius 2 is 1.90 bits per heavy atom. The van der Waals surface area contributed by atoms with Crippen molar-refractivity contribution in [3.8, 4) is 0 Å². The van der Waals surface area contributed by atoms with Crippen LogP contribution in [-0.4, -0.2) is 32.7 Å². The molecule has 8 nitrogen and oxygen atoms in total. The molecule has 0 aliphatic heterocycles. The third-order valence-electron chi connectivity index (χ3n) is 3.83. The Morgan fingerprint density at radius 1 is 1.10 bits per heavy atom. The Balaban J connectivity index is 1.26. The van der Waals surface area contributed by atoms with Crippen molar-refractivity contribution in [3.05, 3.63) is 65.8 Å². The lowest BCUT2D eigenvalue weighted by molar-refractivity contribution is -0.113. The molecule has 4 aromatic rings.